The molecule has 128 valence electrons. The average Bonchev–Trinajstić information content (AvgIpc) is 2.54. The highest BCUT2D eigenvalue weighted by Crippen LogP contribution is 2.30. The summed E-state index contributed by atoms with van der Waals surface area (Å²) >= 11 is 0. The SMILES string of the molecule is Oc1cc(O)cc(-c2cc(Nc3cccc(C(F)(F)F)n3)ncn2)c1. The first-order valence-corrected chi connectivity index (χ1v) is 6.98. The Morgan fingerprint density at radius 3 is 2.28 bits per heavy atom. The summed E-state index contributed by atoms with van der Waals surface area (Å²) in [5.74, 6) is -0.122. The van der Waals surface area contributed by atoms with Crippen molar-refractivity contribution in [2.75, 3.05) is 5.32 Å². The number of benzene rings is 1. The molecule has 0 fully saturated rings. The van der Waals surface area contributed by atoms with Gasteiger partial charge in [-0.15, -0.1) is 0 Å². The second-order valence-corrected chi connectivity index (χ2v) is 5.06. The van der Waals surface area contributed by atoms with Crippen molar-refractivity contribution in [2.24, 2.45) is 0 Å². The van der Waals surface area contributed by atoms with E-state index in [1.165, 1.54) is 36.7 Å². The topological polar surface area (TPSA) is 91.2 Å². The molecule has 9 heteroatoms. The molecular formula is C16H11F3N4O2. The third kappa shape index (κ3) is 3.94. The number of phenolic OH excluding ortho intramolecular Hbond substituents is 2. The van der Waals surface area contributed by atoms with E-state index in [2.05, 4.69) is 20.3 Å². The molecule has 0 aliphatic rings. The number of nitrogens with one attached hydrogen (secondary N) is 1. The fourth-order valence-corrected chi connectivity index (χ4v) is 2.12. The maximum Gasteiger partial charge on any atom is 0.433 e. The van der Waals surface area contributed by atoms with Crippen LogP contribution in [0.15, 0.2) is 48.8 Å². The number of hydrogen-bond donors (Lipinski definition) is 3. The lowest BCUT2D eigenvalue weighted by molar-refractivity contribution is -0.141. The first-order chi connectivity index (χ1) is 11.8. The van der Waals surface area contributed by atoms with Gasteiger partial charge >= 0.3 is 6.18 Å². The van der Waals surface area contributed by atoms with Crippen LogP contribution in [0.3, 0.4) is 0 Å². The smallest absolute Gasteiger partial charge is 0.433 e. The zero-order chi connectivity index (χ0) is 18.0. The van der Waals surface area contributed by atoms with Crippen LogP contribution in [0.1, 0.15) is 5.69 Å². The van der Waals surface area contributed by atoms with Crippen molar-refractivity contribution in [1.82, 2.24) is 15.0 Å². The summed E-state index contributed by atoms with van der Waals surface area (Å²) in [5.41, 5.74) is -0.250. The summed E-state index contributed by atoms with van der Waals surface area (Å²) in [4.78, 5) is 11.4. The summed E-state index contributed by atoms with van der Waals surface area (Å²) in [5, 5.41) is 21.7. The quantitative estimate of drug-likeness (QED) is 0.668. The molecule has 2 heterocycles. The lowest BCUT2D eigenvalue weighted by Crippen LogP contribution is -2.09. The highest BCUT2D eigenvalue weighted by Gasteiger charge is 2.32. The van der Waals surface area contributed by atoms with Gasteiger partial charge in [0.15, 0.2) is 0 Å². The fourth-order valence-electron chi connectivity index (χ4n) is 2.12. The lowest BCUT2D eigenvalue weighted by atomic mass is 10.1. The van der Waals surface area contributed by atoms with Gasteiger partial charge in [-0.2, -0.15) is 13.2 Å². The maximum atomic E-state index is 12.7. The minimum atomic E-state index is -4.55. The van der Waals surface area contributed by atoms with Gasteiger partial charge in [0, 0.05) is 17.7 Å². The molecule has 25 heavy (non-hydrogen) atoms. The third-order valence-electron chi connectivity index (χ3n) is 3.16. The zero-order valence-corrected chi connectivity index (χ0v) is 12.5. The summed E-state index contributed by atoms with van der Waals surface area (Å²) in [6.45, 7) is 0. The van der Waals surface area contributed by atoms with Gasteiger partial charge in [-0.3, -0.25) is 0 Å². The monoisotopic (exact) mass is 348 g/mol. The van der Waals surface area contributed by atoms with Crippen LogP contribution in [0, 0.1) is 0 Å². The number of hydrogen-bond acceptors (Lipinski definition) is 6. The molecule has 0 saturated heterocycles. The van der Waals surface area contributed by atoms with Crippen LogP contribution in [-0.4, -0.2) is 25.2 Å². The van der Waals surface area contributed by atoms with Gasteiger partial charge in [-0.25, -0.2) is 15.0 Å². The Balaban J connectivity index is 1.90. The van der Waals surface area contributed by atoms with Gasteiger partial charge < -0.3 is 15.5 Å². The van der Waals surface area contributed by atoms with Gasteiger partial charge in [0.05, 0.1) is 5.69 Å². The highest BCUT2D eigenvalue weighted by molar-refractivity contribution is 5.67. The Morgan fingerprint density at radius 2 is 1.60 bits per heavy atom. The Labute approximate surface area is 139 Å². The minimum Gasteiger partial charge on any atom is -0.508 e. The van der Waals surface area contributed by atoms with Crippen LogP contribution in [0.2, 0.25) is 0 Å². The van der Waals surface area contributed by atoms with Crippen LogP contribution < -0.4 is 5.32 Å². The fraction of sp³-hybridized carbons (Fsp3) is 0.0625. The van der Waals surface area contributed by atoms with E-state index in [0.29, 0.717) is 11.3 Å². The molecule has 0 saturated carbocycles. The number of halogens is 3. The van der Waals surface area contributed by atoms with E-state index in [1.807, 2.05) is 0 Å². The van der Waals surface area contributed by atoms with E-state index in [4.69, 9.17) is 0 Å². The van der Waals surface area contributed by atoms with Gasteiger partial charge in [-0.05, 0) is 24.3 Å². The molecule has 0 atom stereocenters. The molecule has 0 radical (unpaired) electrons. The summed E-state index contributed by atoms with van der Waals surface area (Å²) in [6, 6.07) is 8.85. The molecule has 3 aromatic rings. The van der Waals surface area contributed by atoms with Gasteiger partial charge in [-0.1, -0.05) is 6.07 Å². The first kappa shape index (κ1) is 16.5. The molecule has 3 N–H and O–H groups in total. The summed E-state index contributed by atoms with van der Waals surface area (Å²) < 4.78 is 38.1. The molecular weight excluding hydrogens is 337 g/mol. The lowest BCUT2D eigenvalue weighted by Gasteiger charge is -2.10. The van der Waals surface area contributed by atoms with Crippen molar-refractivity contribution in [1.29, 1.82) is 0 Å². The molecule has 6 nitrogen and oxygen atoms in total. The third-order valence-corrected chi connectivity index (χ3v) is 3.16. The molecule has 0 unspecified atom stereocenters. The van der Waals surface area contributed by atoms with Gasteiger partial charge in [0.25, 0.3) is 0 Å². The van der Waals surface area contributed by atoms with Crippen LogP contribution in [0.5, 0.6) is 11.5 Å². The first-order valence-electron chi connectivity index (χ1n) is 6.98. The number of nitrogens with zero attached hydrogens (tertiary/aromatic N) is 3. The predicted molar refractivity (Wildman–Crippen MR) is 83.3 cm³/mol. The average molecular weight is 348 g/mol. The van der Waals surface area contributed by atoms with Crippen molar-refractivity contribution in [3.63, 3.8) is 0 Å². The summed E-state index contributed by atoms with van der Waals surface area (Å²) in [6.07, 6.45) is -3.35. The number of aromatic nitrogens is 3. The largest absolute Gasteiger partial charge is 0.508 e. The Morgan fingerprint density at radius 1 is 0.880 bits per heavy atom. The van der Waals surface area contributed by atoms with E-state index < -0.39 is 11.9 Å². The second-order valence-electron chi connectivity index (χ2n) is 5.06. The van der Waals surface area contributed by atoms with Crippen LogP contribution >= 0.6 is 0 Å². The maximum absolute atomic E-state index is 12.7. The van der Waals surface area contributed by atoms with Crippen LogP contribution in [0.25, 0.3) is 11.3 Å². The van der Waals surface area contributed by atoms with Crippen molar-refractivity contribution < 1.29 is 23.4 Å². The highest BCUT2D eigenvalue weighted by atomic mass is 19.4. The Hall–Kier alpha value is -3.36. The number of rotatable bonds is 3. The molecule has 0 amide bonds. The zero-order valence-electron chi connectivity index (χ0n) is 12.5. The Kier molecular flexibility index (Phi) is 4.14. The normalized spacial score (nSPS) is 11.3. The Bertz CT molecular complexity index is 896. The molecule has 0 aliphatic carbocycles. The van der Waals surface area contributed by atoms with E-state index in [-0.39, 0.29) is 23.1 Å². The van der Waals surface area contributed by atoms with Crippen LogP contribution in [0.4, 0.5) is 24.8 Å². The van der Waals surface area contributed by atoms with Crippen molar-refractivity contribution in [3.8, 4) is 22.8 Å². The number of anilines is 2. The van der Waals surface area contributed by atoms with Crippen LogP contribution in [-0.2, 0) is 6.18 Å². The van der Waals surface area contributed by atoms with E-state index in [0.717, 1.165) is 12.1 Å². The van der Waals surface area contributed by atoms with E-state index in [9.17, 15) is 23.4 Å². The molecule has 0 spiro atoms. The molecule has 0 aliphatic heterocycles. The van der Waals surface area contributed by atoms with Gasteiger partial charge in [0.2, 0.25) is 0 Å². The minimum absolute atomic E-state index is 0.0294. The van der Waals surface area contributed by atoms with E-state index >= 15 is 0 Å². The molecule has 3 rings (SSSR count). The van der Waals surface area contributed by atoms with Crippen molar-refractivity contribution in [3.05, 3.63) is 54.5 Å². The van der Waals surface area contributed by atoms with E-state index in [1.54, 1.807) is 0 Å². The van der Waals surface area contributed by atoms with Gasteiger partial charge in [0.1, 0.15) is 35.2 Å². The molecule has 1 aromatic carbocycles. The summed E-state index contributed by atoms with van der Waals surface area (Å²) in [7, 11) is 0. The number of phenols is 2. The standard InChI is InChI=1S/C16H11F3N4O2/c17-16(18,19)13-2-1-3-14(22-13)23-15-7-12(20-8-21-15)9-4-10(24)6-11(25)5-9/h1-8,24-25H,(H,20,21,22,23). The second kappa shape index (κ2) is 6.27. The number of aromatic hydroxyl groups is 2. The number of alkyl halides is 3. The molecule has 2 aromatic heterocycles. The predicted octanol–water partition coefficient (Wildman–Crippen LogP) is 3.71. The molecule has 0 bridgehead atoms. The van der Waals surface area contributed by atoms with Crippen molar-refractivity contribution >= 4 is 11.6 Å². The van der Waals surface area contributed by atoms with Crippen molar-refractivity contribution in [2.45, 2.75) is 6.18 Å². The number of pyridine rings is 1.